The standard InChI is InChI=1S/C15H12BrFOS/c16-15-7-6-12(17)8-11(15)9-13(18)10-19-14-4-2-1-3-5-14/h1-8H,9-10H2. The molecule has 0 atom stereocenters. The molecule has 0 bridgehead atoms. The molecule has 19 heavy (non-hydrogen) atoms. The van der Waals surface area contributed by atoms with Gasteiger partial charge in [0, 0.05) is 15.8 Å². The van der Waals surface area contributed by atoms with Crippen molar-refractivity contribution >= 4 is 33.5 Å². The van der Waals surface area contributed by atoms with Crippen molar-refractivity contribution < 1.29 is 9.18 Å². The van der Waals surface area contributed by atoms with Gasteiger partial charge < -0.3 is 0 Å². The van der Waals surface area contributed by atoms with Gasteiger partial charge in [0.05, 0.1) is 5.75 Å². The van der Waals surface area contributed by atoms with Gasteiger partial charge in [-0.1, -0.05) is 34.1 Å². The van der Waals surface area contributed by atoms with Gasteiger partial charge in [0.2, 0.25) is 0 Å². The molecule has 0 saturated heterocycles. The average molecular weight is 339 g/mol. The minimum atomic E-state index is -0.318. The molecule has 1 nitrogen and oxygen atoms in total. The molecule has 0 radical (unpaired) electrons. The van der Waals surface area contributed by atoms with Crippen molar-refractivity contribution in [1.29, 1.82) is 0 Å². The number of ketones is 1. The summed E-state index contributed by atoms with van der Waals surface area (Å²) in [6.45, 7) is 0. The molecule has 2 aromatic rings. The number of benzene rings is 2. The van der Waals surface area contributed by atoms with E-state index >= 15 is 0 Å². The SMILES string of the molecule is O=C(CSc1ccccc1)Cc1cc(F)ccc1Br. The van der Waals surface area contributed by atoms with E-state index in [1.807, 2.05) is 30.3 Å². The fourth-order valence-corrected chi connectivity index (χ4v) is 2.79. The molecule has 0 aromatic heterocycles. The van der Waals surface area contributed by atoms with E-state index in [2.05, 4.69) is 15.9 Å². The maximum atomic E-state index is 13.1. The fraction of sp³-hybridized carbons (Fsp3) is 0.133. The van der Waals surface area contributed by atoms with Gasteiger partial charge in [0.25, 0.3) is 0 Å². The molecule has 0 saturated carbocycles. The Balaban J connectivity index is 1.93. The number of rotatable bonds is 5. The highest BCUT2D eigenvalue weighted by molar-refractivity contribution is 9.10. The quantitative estimate of drug-likeness (QED) is 0.747. The molecule has 0 fully saturated rings. The van der Waals surface area contributed by atoms with Crippen LogP contribution in [0.25, 0.3) is 0 Å². The van der Waals surface area contributed by atoms with Gasteiger partial charge in [-0.3, -0.25) is 4.79 Å². The number of hydrogen-bond acceptors (Lipinski definition) is 2. The Morgan fingerprint density at radius 2 is 1.89 bits per heavy atom. The van der Waals surface area contributed by atoms with Gasteiger partial charge >= 0.3 is 0 Å². The van der Waals surface area contributed by atoms with Crippen LogP contribution in [-0.4, -0.2) is 11.5 Å². The number of halogens is 2. The van der Waals surface area contributed by atoms with Crippen molar-refractivity contribution in [1.82, 2.24) is 0 Å². The van der Waals surface area contributed by atoms with E-state index in [0.29, 0.717) is 11.3 Å². The molecule has 2 aromatic carbocycles. The molecule has 0 aliphatic heterocycles. The van der Waals surface area contributed by atoms with Crippen molar-refractivity contribution in [3.63, 3.8) is 0 Å². The lowest BCUT2D eigenvalue weighted by molar-refractivity contribution is -0.116. The second-order valence-corrected chi connectivity index (χ2v) is 5.96. The summed E-state index contributed by atoms with van der Waals surface area (Å²) in [7, 11) is 0. The van der Waals surface area contributed by atoms with Crippen molar-refractivity contribution in [2.45, 2.75) is 11.3 Å². The van der Waals surface area contributed by atoms with E-state index in [-0.39, 0.29) is 18.0 Å². The van der Waals surface area contributed by atoms with Crippen molar-refractivity contribution in [2.24, 2.45) is 0 Å². The summed E-state index contributed by atoms with van der Waals surface area (Å²) in [5.41, 5.74) is 0.693. The minimum Gasteiger partial charge on any atom is -0.298 e. The summed E-state index contributed by atoms with van der Waals surface area (Å²) < 4.78 is 13.9. The maximum Gasteiger partial charge on any atom is 0.147 e. The Bertz CT molecular complexity index is 572. The lowest BCUT2D eigenvalue weighted by Gasteiger charge is -2.04. The second-order valence-electron chi connectivity index (χ2n) is 4.05. The first-order valence-corrected chi connectivity index (χ1v) is 7.56. The number of carbonyl (C=O) groups is 1. The highest BCUT2D eigenvalue weighted by atomic mass is 79.9. The number of hydrogen-bond donors (Lipinski definition) is 0. The predicted molar refractivity (Wildman–Crippen MR) is 80.0 cm³/mol. The van der Waals surface area contributed by atoms with Crippen LogP contribution >= 0.6 is 27.7 Å². The lowest BCUT2D eigenvalue weighted by atomic mass is 10.1. The van der Waals surface area contributed by atoms with E-state index in [0.717, 1.165) is 9.37 Å². The summed E-state index contributed by atoms with van der Waals surface area (Å²) in [6.07, 6.45) is 0.248. The number of Topliss-reactive ketones (excluding diaryl/α,β-unsaturated/α-hetero) is 1. The monoisotopic (exact) mass is 338 g/mol. The van der Waals surface area contributed by atoms with E-state index in [1.165, 1.54) is 23.9 Å². The molecular formula is C15H12BrFOS. The summed E-state index contributed by atoms with van der Waals surface area (Å²) in [6, 6.07) is 14.2. The van der Waals surface area contributed by atoms with Crippen LogP contribution in [0, 0.1) is 5.82 Å². The third-order valence-electron chi connectivity index (χ3n) is 2.54. The van der Waals surface area contributed by atoms with E-state index in [9.17, 15) is 9.18 Å². The van der Waals surface area contributed by atoms with Gasteiger partial charge in [-0.15, -0.1) is 11.8 Å². The molecule has 2 rings (SSSR count). The lowest BCUT2D eigenvalue weighted by Crippen LogP contribution is -2.06. The highest BCUT2D eigenvalue weighted by Gasteiger charge is 2.08. The van der Waals surface area contributed by atoms with E-state index in [4.69, 9.17) is 0 Å². The van der Waals surface area contributed by atoms with Crippen LogP contribution in [0.3, 0.4) is 0 Å². The molecule has 0 heterocycles. The van der Waals surface area contributed by atoms with Crippen LogP contribution in [0.2, 0.25) is 0 Å². The summed E-state index contributed by atoms with van der Waals surface area (Å²) >= 11 is 4.83. The van der Waals surface area contributed by atoms with Crippen LogP contribution in [0.5, 0.6) is 0 Å². The Labute approximate surface area is 124 Å². The number of thioether (sulfide) groups is 1. The average Bonchev–Trinajstić information content (AvgIpc) is 2.42. The molecule has 0 amide bonds. The van der Waals surface area contributed by atoms with Gasteiger partial charge in [-0.2, -0.15) is 0 Å². The van der Waals surface area contributed by atoms with Gasteiger partial charge in [-0.05, 0) is 35.9 Å². The van der Waals surface area contributed by atoms with Crippen LogP contribution in [0.4, 0.5) is 4.39 Å². The first kappa shape index (κ1) is 14.3. The van der Waals surface area contributed by atoms with E-state index in [1.54, 1.807) is 6.07 Å². The van der Waals surface area contributed by atoms with Gasteiger partial charge in [0.1, 0.15) is 11.6 Å². The Hall–Kier alpha value is -1.13. The molecule has 0 N–H and O–H groups in total. The predicted octanol–water partition coefficient (Wildman–Crippen LogP) is 4.49. The topological polar surface area (TPSA) is 17.1 Å². The van der Waals surface area contributed by atoms with Crippen LogP contribution in [0.15, 0.2) is 57.9 Å². The number of carbonyl (C=O) groups excluding carboxylic acids is 1. The normalized spacial score (nSPS) is 10.4. The Morgan fingerprint density at radius 1 is 1.16 bits per heavy atom. The molecule has 0 unspecified atom stereocenters. The van der Waals surface area contributed by atoms with Crippen molar-refractivity contribution in [3.05, 3.63) is 64.4 Å². The molecular weight excluding hydrogens is 327 g/mol. The summed E-state index contributed by atoms with van der Waals surface area (Å²) in [4.78, 5) is 12.9. The largest absolute Gasteiger partial charge is 0.298 e. The second kappa shape index (κ2) is 6.87. The van der Waals surface area contributed by atoms with E-state index < -0.39 is 0 Å². The molecule has 4 heteroatoms. The Morgan fingerprint density at radius 3 is 2.63 bits per heavy atom. The summed E-state index contributed by atoms with van der Waals surface area (Å²) in [5, 5.41) is 0. The first-order chi connectivity index (χ1) is 9.15. The van der Waals surface area contributed by atoms with Crippen LogP contribution in [0.1, 0.15) is 5.56 Å². The van der Waals surface area contributed by atoms with Crippen molar-refractivity contribution in [3.8, 4) is 0 Å². The van der Waals surface area contributed by atoms with Gasteiger partial charge in [-0.25, -0.2) is 4.39 Å². The smallest absolute Gasteiger partial charge is 0.147 e. The summed E-state index contributed by atoms with van der Waals surface area (Å²) in [5.74, 6) is 0.161. The third kappa shape index (κ3) is 4.48. The van der Waals surface area contributed by atoms with Crippen molar-refractivity contribution in [2.75, 3.05) is 5.75 Å². The maximum absolute atomic E-state index is 13.1. The molecule has 0 aliphatic carbocycles. The Kier molecular flexibility index (Phi) is 5.16. The third-order valence-corrected chi connectivity index (χ3v) is 4.38. The van der Waals surface area contributed by atoms with Crippen LogP contribution in [-0.2, 0) is 11.2 Å². The van der Waals surface area contributed by atoms with Gasteiger partial charge in [0.15, 0.2) is 0 Å². The minimum absolute atomic E-state index is 0.0835. The van der Waals surface area contributed by atoms with Crippen LogP contribution < -0.4 is 0 Å². The molecule has 0 spiro atoms. The fourth-order valence-electron chi connectivity index (χ4n) is 1.62. The zero-order valence-corrected chi connectivity index (χ0v) is 12.5. The zero-order chi connectivity index (χ0) is 13.7. The highest BCUT2D eigenvalue weighted by Crippen LogP contribution is 2.21. The zero-order valence-electron chi connectivity index (χ0n) is 10.1. The molecule has 0 aliphatic rings. The molecule has 98 valence electrons. The first-order valence-electron chi connectivity index (χ1n) is 5.78.